The molecule has 0 aliphatic carbocycles. The number of aromatic nitrogens is 1. The van der Waals surface area contributed by atoms with E-state index in [0.29, 0.717) is 44.7 Å². The van der Waals surface area contributed by atoms with Crippen LogP contribution in [0.1, 0.15) is 60.5 Å². The molecule has 0 bridgehead atoms. The fourth-order valence-electron chi connectivity index (χ4n) is 4.07. The van der Waals surface area contributed by atoms with Crippen molar-refractivity contribution in [3.05, 3.63) is 92.6 Å². The normalized spacial score (nSPS) is 12.0. The van der Waals surface area contributed by atoms with Crippen LogP contribution in [0, 0.1) is 13.8 Å². The van der Waals surface area contributed by atoms with E-state index < -0.39 is 5.91 Å². The van der Waals surface area contributed by atoms with Gasteiger partial charge in [-0.15, -0.1) is 0 Å². The average Bonchev–Trinajstić information content (AvgIpc) is 3.58. The minimum atomic E-state index is -0.502. The van der Waals surface area contributed by atoms with Gasteiger partial charge in [-0.25, -0.2) is 5.43 Å². The third-order valence-corrected chi connectivity index (χ3v) is 7.80. The highest BCUT2D eigenvalue weighted by Gasteiger charge is 2.19. The standard InChI is InChI=1S/C31H33BrClN3O5/c1-6-21(5)40-30-27(38-7-2)16-22(28(32)29(30)33)17-34-35-31(37)26-15-14-25(41-26)18-39-24-12-10-23(11-13-24)36-19(3)8-9-20(36)4/h8-17,21H,6-7,18H2,1-5H3,(H,35,37)/b34-17+/t21-/m1/s1. The third-order valence-electron chi connectivity index (χ3n) is 6.35. The second-order valence-electron chi connectivity index (χ2n) is 9.39. The maximum Gasteiger partial charge on any atom is 0.307 e. The Hall–Kier alpha value is -3.69. The highest BCUT2D eigenvalue weighted by atomic mass is 79.9. The van der Waals surface area contributed by atoms with E-state index in [4.69, 9.17) is 30.2 Å². The van der Waals surface area contributed by atoms with E-state index in [-0.39, 0.29) is 18.5 Å². The lowest BCUT2D eigenvalue weighted by molar-refractivity contribution is 0.0923. The Balaban J connectivity index is 1.36. The van der Waals surface area contributed by atoms with Gasteiger partial charge in [0.05, 0.1) is 18.9 Å². The molecular weight excluding hydrogens is 610 g/mol. The number of carbonyl (C=O) groups excluding carboxylic acids is 1. The molecular formula is C31H33BrClN3O5. The SMILES string of the molecule is CCOc1cc(/C=N/NC(=O)c2ccc(COc3ccc(-n4c(C)ccc4C)cc3)o2)c(Br)c(Cl)c1O[C@H](C)CC. The van der Waals surface area contributed by atoms with E-state index in [0.717, 1.165) is 23.5 Å². The lowest BCUT2D eigenvalue weighted by Gasteiger charge is -2.19. The number of rotatable bonds is 12. The largest absolute Gasteiger partial charge is 0.490 e. The van der Waals surface area contributed by atoms with Gasteiger partial charge in [-0.3, -0.25) is 4.79 Å². The van der Waals surface area contributed by atoms with Gasteiger partial charge in [0.15, 0.2) is 17.3 Å². The fourth-order valence-corrected chi connectivity index (χ4v) is 4.71. The molecule has 10 heteroatoms. The molecule has 0 saturated heterocycles. The van der Waals surface area contributed by atoms with Gasteiger partial charge in [0.2, 0.25) is 0 Å². The average molecular weight is 643 g/mol. The quantitative estimate of drug-likeness (QED) is 0.125. The van der Waals surface area contributed by atoms with Crippen LogP contribution in [0.5, 0.6) is 17.2 Å². The molecule has 1 amide bonds. The Kier molecular flexibility index (Phi) is 10.2. The maximum absolute atomic E-state index is 12.6. The number of halogens is 2. The van der Waals surface area contributed by atoms with Crippen molar-refractivity contribution in [2.45, 2.75) is 53.8 Å². The molecule has 2 aromatic carbocycles. The molecule has 0 saturated carbocycles. The van der Waals surface area contributed by atoms with Crippen LogP contribution < -0.4 is 19.6 Å². The summed E-state index contributed by atoms with van der Waals surface area (Å²) in [6.07, 6.45) is 2.25. The van der Waals surface area contributed by atoms with Gasteiger partial charge in [-0.2, -0.15) is 5.10 Å². The third kappa shape index (κ3) is 7.34. The molecule has 4 rings (SSSR count). The summed E-state index contributed by atoms with van der Waals surface area (Å²) in [6.45, 7) is 10.6. The number of nitrogens with one attached hydrogen (secondary N) is 1. The summed E-state index contributed by atoms with van der Waals surface area (Å²) in [5, 5.41) is 4.43. The molecule has 1 atom stereocenters. The Morgan fingerprint density at radius 3 is 2.46 bits per heavy atom. The van der Waals surface area contributed by atoms with Crippen LogP contribution in [-0.4, -0.2) is 29.4 Å². The molecule has 1 N–H and O–H groups in total. The zero-order chi connectivity index (χ0) is 29.5. The van der Waals surface area contributed by atoms with E-state index in [1.807, 2.05) is 45.0 Å². The van der Waals surface area contributed by atoms with Crippen molar-refractivity contribution in [3.63, 3.8) is 0 Å². The van der Waals surface area contributed by atoms with Crippen molar-refractivity contribution in [1.29, 1.82) is 0 Å². The monoisotopic (exact) mass is 641 g/mol. The van der Waals surface area contributed by atoms with E-state index in [1.54, 1.807) is 18.2 Å². The van der Waals surface area contributed by atoms with Crippen LogP contribution in [0.15, 0.2) is 68.6 Å². The molecule has 0 aliphatic heterocycles. The number of ether oxygens (including phenoxy) is 3. The molecule has 2 heterocycles. The number of carbonyl (C=O) groups is 1. The molecule has 2 aromatic heterocycles. The Bertz CT molecular complexity index is 1510. The summed E-state index contributed by atoms with van der Waals surface area (Å²) in [5.74, 6) is 1.77. The Morgan fingerprint density at radius 1 is 1.10 bits per heavy atom. The zero-order valence-corrected chi connectivity index (χ0v) is 26.0. The van der Waals surface area contributed by atoms with E-state index >= 15 is 0 Å². The van der Waals surface area contributed by atoms with Crippen LogP contribution >= 0.6 is 27.5 Å². The van der Waals surface area contributed by atoms with Gasteiger partial charge in [0.25, 0.3) is 0 Å². The van der Waals surface area contributed by atoms with Crippen LogP contribution in [0.4, 0.5) is 0 Å². The first-order valence-corrected chi connectivity index (χ1v) is 14.5. The molecule has 0 aliphatic rings. The molecule has 0 spiro atoms. The second-order valence-corrected chi connectivity index (χ2v) is 10.6. The van der Waals surface area contributed by atoms with Crippen molar-refractivity contribution in [1.82, 2.24) is 9.99 Å². The van der Waals surface area contributed by atoms with E-state index in [2.05, 4.69) is 57.0 Å². The number of furan rings is 1. The summed E-state index contributed by atoms with van der Waals surface area (Å²) in [7, 11) is 0. The lowest BCUT2D eigenvalue weighted by atomic mass is 10.2. The first-order chi connectivity index (χ1) is 19.7. The van der Waals surface area contributed by atoms with Gasteiger partial charge < -0.3 is 23.2 Å². The molecule has 4 aromatic rings. The predicted molar refractivity (Wildman–Crippen MR) is 164 cm³/mol. The summed E-state index contributed by atoms with van der Waals surface area (Å²) < 4.78 is 26.0. The first-order valence-electron chi connectivity index (χ1n) is 13.3. The smallest absolute Gasteiger partial charge is 0.307 e. The van der Waals surface area contributed by atoms with Gasteiger partial charge in [-0.1, -0.05) is 18.5 Å². The van der Waals surface area contributed by atoms with Gasteiger partial charge in [-0.05, 0) is 105 Å². The summed E-state index contributed by atoms with van der Waals surface area (Å²) in [6, 6.07) is 17.0. The number of hydrogen-bond donors (Lipinski definition) is 1. The summed E-state index contributed by atoms with van der Waals surface area (Å²) in [5.41, 5.74) is 6.48. The lowest BCUT2D eigenvalue weighted by Crippen LogP contribution is -2.17. The van der Waals surface area contributed by atoms with Crippen molar-refractivity contribution in [2.24, 2.45) is 5.10 Å². The molecule has 8 nitrogen and oxygen atoms in total. The molecule has 216 valence electrons. The summed E-state index contributed by atoms with van der Waals surface area (Å²) >= 11 is 10.1. The van der Waals surface area contributed by atoms with Crippen molar-refractivity contribution in [3.8, 4) is 22.9 Å². The highest BCUT2D eigenvalue weighted by Crippen LogP contribution is 2.43. The number of hydrogen-bond acceptors (Lipinski definition) is 6. The topological polar surface area (TPSA) is 87.2 Å². The Labute approximate surface area is 253 Å². The van der Waals surface area contributed by atoms with Crippen molar-refractivity contribution < 1.29 is 23.4 Å². The van der Waals surface area contributed by atoms with Gasteiger partial charge in [0, 0.05) is 27.1 Å². The minimum Gasteiger partial charge on any atom is -0.490 e. The molecule has 41 heavy (non-hydrogen) atoms. The van der Waals surface area contributed by atoms with Crippen molar-refractivity contribution >= 4 is 39.7 Å². The number of aryl methyl sites for hydroxylation is 2. The first kappa shape index (κ1) is 30.3. The van der Waals surface area contributed by atoms with Crippen LogP contribution in [0.3, 0.4) is 0 Å². The van der Waals surface area contributed by atoms with E-state index in [1.165, 1.54) is 6.21 Å². The molecule has 0 fully saturated rings. The van der Waals surface area contributed by atoms with Crippen LogP contribution in [0.2, 0.25) is 5.02 Å². The van der Waals surface area contributed by atoms with E-state index in [9.17, 15) is 4.79 Å². The number of nitrogens with zero attached hydrogens (tertiary/aromatic N) is 2. The number of hydrazone groups is 1. The highest BCUT2D eigenvalue weighted by molar-refractivity contribution is 9.10. The fraction of sp³-hybridized carbons (Fsp3) is 0.290. The summed E-state index contributed by atoms with van der Waals surface area (Å²) in [4.78, 5) is 12.6. The van der Waals surface area contributed by atoms with Gasteiger partial charge in [0.1, 0.15) is 23.1 Å². The maximum atomic E-state index is 12.6. The number of benzene rings is 2. The Morgan fingerprint density at radius 2 is 1.80 bits per heavy atom. The molecule has 0 radical (unpaired) electrons. The number of amides is 1. The van der Waals surface area contributed by atoms with Crippen LogP contribution in [-0.2, 0) is 6.61 Å². The zero-order valence-electron chi connectivity index (χ0n) is 23.7. The van der Waals surface area contributed by atoms with Crippen molar-refractivity contribution in [2.75, 3.05) is 6.61 Å². The predicted octanol–water partition coefficient (Wildman–Crippen LogP) is 8.02. The van der Waals surface area contributed by atoms with Crippen LogP contribution in [0.25, 0.3) is 5.69 Å². The van der Waals surface area contributed by atoms with Gasteiger partial charge >= 0.3 is 5.91 Å². The second kappa shape index (κ2) is 13.8. The minimum absolute atomic E-state index is 0.0368. The molecule has 0 unspecified atom stereocenters.